The van der Waals surface area contributed by atoms with Gasteiger partial charge in [0.15, 0.2) is 0 Å². The number of hydrogen-bond donors (Lipinski definition) is 0. The molecular weight excluding hydrogens is 288 g/mol. The SMILES string of the molecule is CCCCCCC(C)(C)c1ccc(Br)c(OC)c1. The van der Waals surface area contributed by atoms with Crippen molar-refractivity contribution in [1.29, 1.82) is 0 Å². The van der Waals surface area contributed by atoms with Crippen LogP contribution in [-0.4, -0.2) is 7.11 Å². The highest BCUT2D eigenvalue weighted by atomic mass is 79.9. The standard InChI is InChI=1S/C16H25BrO/c1-5-6-7-8-11-16(2,3)13-9-10-14(17)15(12-13)18-4/h9-10,12H,5-8,11H2,1-4H3. The Balaban J connectivity index is 2.71. The van der Waals surface area contributed by atoms with E-state index in [2.05, 4.69) is 54.9 Å². The third-order valence-corrected chi connectivity index (χ3v) is 4.24. The molecule has 1 nitrogen and oxygen atoms in total. The molecule has 0 spiro atoms. The minimum Gasteiger partial charge on any atom is -0.496 e. The van der Waals surface area contributed by atoms with Crippen molar-refractivity contribution in [2.75, 3.05) is 7.11 Å². The molecule has 102 valence electrons. The summed E-state index contributed by atoms with van der Waals surface area (Å²) in [4.78, 5) is 0. The van der Waals surface area contributed by atoms with Crippen molar-refractivity contribution in [2.24, 2.45) is 0 Å². The first-order valence-electron chi connectivity index (χ1n) is 6.85. The van der Waals surface area contributed by atoms with Crippen LogP contribution in [0.15, 0.2) is 22.7 Å². The Morgan fingerprint density at radius 2 is 1.89 bits per heavy atom. The Kier molecular flexibility index (Phi) is 6.20. The van der Waals surface area contributed by atoms with Gasteiger partial charge in [-0.3, -0.25) is 0 Å². The third-order valence-electron chi connectivity index (χ3n) is 3.59. The highest BCUT2D eigenvalue weighted by Gasteiger charge is 2.21. The molecule has 0 fully saturated rings. The van der Waals surface area contributed by atoms with E-state index in [1.54, 1.807) is 7.11 Å². The van der Waals surface area contributed by atoms with Crippen molar-refractivity contribution in [2.45, 2.75) is 58.3 Å². The molecule has 0 aromatic heterocycles. The van der Waals surface area contributed by atoms with Gasteiger partial charge in [0.2, 0.25) is 0 Å². The van der Waals surface area contributed by atoms with Crippen molar-refractivity contribution < 1.29 is 4.74 Å². The van der Waals surface area contributed by atoms with Gasteiger partial charge in [0.25, 0.3) is 0 Å². The third kappa shape index (κ3) is 4.31. The first-order valence-corrected chi connectivity index (χ1v) is 7.64. The molecule has 0 saturated heterocycles. The van der Waals surface area contributed by atoms with E-state index in [1.165, 1.54) is 37.7 Å². The quantitative estimate of drug-likeness (QED) is 0.586. The second-order valence-corrected chi connectivity index (χ2v) is 6.40. The molecule has 2 heteroatoms. The maximum atomic E-state index is 5.38. The van der Waals surface area contributed by atoms with Gasteiger partial charge in [-0.1, -0.05) is 52.5 Å². The summed E-state index contributed by atoms with van der Waals surface area (Å²) in [5.74, 6) is 0.925. The molecule has 0 aliphatic heterocycles. The summed E-state index contributed by atoms with van der Waals surface area (Å²) < 4.78 is 6.40. The number of halogens is 1. The summed E-state index contributed by atoms with van der Waals surface area (Å²) in [5.41, 5.74) is 1.58. The number of benzene rings is 1. The first-order chi connectivity index (χ1) is 8.51. The van der Waals surface area contributed by atoms with E-state index in [1.807, 2.05) is 0 Å². The van der Waals surface area contributed by atoms with Crippen LogP contribution in [0.4, 0.5) is 0 Å². The molecule has 0 atom stereocenters. The van der Waals surface area contributed by atoms with E-state index in [0.29, 0.717) is 0 Å². The maximum Gasteiger partial charge on any atom is 0.133 e. The highest BCUT2D eigenvalue weighted by molar-refractivity contribution is 9.10. The molecule has 1 aromatic rings. The maximum absolute atomic E-state index is 5.38. The van der Waals surface area contributed by atoms with Crippen molar-refractivity contribution in [3.8, 4) is 5.75 Å². The zero-order valence-electron chi connectivity index (χ0n) is 12.1. The normalized spacial score (nSPS) is 11.6. The smallest absolute Gasteiger partial charge is 0.133 e. The zero-order valence-corrected chi connectivity index (χ0v) is 13.6. The number of rotatable bonds is 7. The lowest BCUT2D eigenvalue weighted by molar-refractivity contribution is 0.405. The molecule has 18 heavy (non-hydrogen) atoms. The van der Waals surface area contributed by atoms with Gasteiger partial charge in [-0.05, 0) is 45.5 Å². The zero-order chi connectivity index (χ0) is 13.6. The van der Waals surface area contributed by atoms with Crippen LogP contribution >= 0.6 is 15.9 Å². The lowest BCUT2D eigenvalue weighted by Crippen LogP contribution is -2.17. The number of hydrogen-bond acceptors (Lipinski definition) is 1. The minimum atomic E-state index is 0.224. The van der Waals surface area contributed by atoms with Gasteiger partial charge in [-0.25, -0.2) is 0 Å². The van der Waals surface area contributed by atoms with Gasteiger partial charge in [-0.2, -0.15) is 0 Å². The predicted octanol–water partition coefficient (Wildman–Crippen LogP) is 5.71. The van der Waals surface area contributed by atoms with Crippen LogP contribution in [0.5, 0.6) is 5.75 Å². The summed E-state index contributed by atoms with van der Waals surface area (Å²) in [6.45, 7) is 6.90. The van der Waals surface area contributed by atoms with Crippen LogP contribution in [0.1, 0.15) is 58.4 Å². The molecule has 1 rings (SSSR count). The summed E-state index contributed by atoms with van der Waals surface area (Å²) in [7, 11) is 1.72. The van der Waals surface area contributed by atoms with E-state index in [0.717, 1.165) is 10.2 Å². The Morgan fingerprint density at radius 1 is 1.17 bits per heavy atom. The van der Waals surface area contributed by atoms with E-state index in [-0.39, 0.29) is 5.41 Å². The fourth-order valence-corrected chi connectivity index (χ4v) is 2.63. The summed E-state index contributed by atoms with van der Waals surface area (Å²) >= 11 is 3.51. The Bertz CT molecular complexity index is 371. The van der Waals surface area contributed by atoms with Crippen LogP contribution in [0.25, 0.3) is 0 Å². The molecule has 0 aliphatic carbocycles. The van der Waals surface area contributed by atoms with Gasteiger partial charge < -0.3 is 4.74 Å². The number of unbranched alkanes of at least 4 members (excludes halogenated alkanes) is 3. The van der Waals surface area contributed by atoms with Gasteiger partial charge in [0.05, 0.1) is 11.6 Å². The number of ether oxygens (including phenoxy) is 1. The first kappa shape index (κ1) is 15.6. The number of methoxy groups -OCH3 is 1. The van der Waals surface area contributed by atoms with Gasteiger partial charge in [-0.15, -0.1) is 0 Å². The molecule has 0 aliphatic rings. The van der Waals surface area contributed by atoms with Crippen LogP contribution in [0, 0.1) is 0 Å². The molecular formula is C16H25BrO. The van der Waals surface area contributed by atoms with Gasteiger partial charge in [0, 0.05) is 0 Å². The molecule has 0 saturated carbocycles. The molecule has 0 radical (unpaired) electrons. The van der Waals surface area contributed by atoms with Crippen molar-refractivity contribution >= 4 is 15.9 Å². The van der Waals surface area contributed by atoms with Gasteiger partial charge >= 0.3 is 0 Å². The Morgan fingerprint density at radius 3 is 2.50 bits per heavy atom. The van der Waals surface area contributed by atoms with Crippen LogP contribution in [-0.2, 0) is 5.41 Å². The molecule has 0 heterocycles. The van der Waals surface area contributed by atoms with E-state index in [9.17, 15) is 0 Å². The lowest BCUT2D eigenvalue weighted by Gasteiger charge is -2.26. The predicted molar refractivity (Wildman–Crippen MR) is 82.5 cm³/mol. The van der Waals surface area contributed by atoms with E-state index in [4.69, 9.17) is 4.74 Å². The molecule has 0 bridgehead atoms. The van der Waals surface area contributed by atoms with Crippen LogP contribution in [0.2, 0.25) is 0 Å². The summed E-state index contributed by atoms with van der Waals surface area (Å²) in [6.07, 6.45) is 6.52. The molecule has 1 aromatic carbocycles. The molecule has 0 amide bonds. The minimum absolute atomic E-state index is 0.224. The van der Waals surface area contributed by atoms with Gasteiger partial charge in [0.1, 0.15) is 5.75 Å². The van der Waals surface area contributed by atoms with Crippen LogP contribution < -0.4 is 4.74 Å². The fraction of sp³-hybridized carbons (Fsp3) is 0.625. The molecule has 0 N–H and O–H groups in total. The van der Waals surface area contributed by atoms with Crippen molar-refractivity contribution in [3.63, 3.8) is 0 Å². The summed E-state index contributed by atoms with van der Waals surface area (Å²) in [6, 6.07) is 6.44. The second kappa shape index (κ2) is 7.18. The highest BCUT2D eigenvalue weighted by Crippen LogP contribution is 2.34. The largest absolute Gasteiger partial charge is 0.496 e. The summed E-state index contributed by atoms with van der Waals surface area (Å²) in [5, 5.41) is 0. The van der Waals surface area contributed by atoms with E-state index >= 15 is 0 Å². The topological polar surface area (TPSA) is 9.23 Å². The Labute approximate surface area is 120 Å². The monoisotopic (exact) mass is 312 g/mol. The average molecular weight is 313 g/mol. The lowest BCUT2D eigenvalue weighted by atomic mass is 9.80. The van der Waals surface area contributed by atoms with Crippen molar-refractivity contribution in [3.05, 3.63) is 28.2 Å². The second-order valence-electron chi connectivity index (χ2n) is 5.54. The fourth-order valence-electron chi connectivity index (χ4n) is 2.22. The Hall–Kier alpha value is -0.500. The average Bonchev–Trinajstić information content (AvgIpc) is 2.35. The van der Waals surface area contributed by atoms with Crippen molar-refractivity contribution in [1.82, 2.24) is 0 Å². The molecule has 0 unspecified atom stereocenters. The van der Waals surface area contributed by atoms with E-state index < -0.39 is 0 Å². The van der Waals surface area contributed by atoms with Crippen LogP contribution in [0.3, 0.4) is 0 Å².